The normalized spacial score (nSPS) is 19.2. The molecule has 4 amide bonds. The van der Waals surface area contributed by atoms with Gasteiger partial charge in [0.1, 0.15) is 24.1 Å². The van der Waals surface area contributed by atoms with Crippen molar-refractivity contribution in [3.8, 4) is 11.5 Å². The number of urea groups is 1. The maximum Gasteiger partial charge on any atom is 0.325 e. The van der Waals surface area contributed by atoms with E-state index in [-0.39, 0.29) is 24.4 Å². The number of carbonyl (C=O) groups is 3. The number of carbonyl (C=O) groups excluding carboxylic acids is 3. The Bertz CT molecular complexity index is 769. The summed E-state index contributed by atoms with van der Waals surface area (Å²) in [5, 5.41) is 2.60. The summed E-state index contributed by atoms with van der Waals surface area (Å²) >= 11 is 0. The molecule has 2 aliphatic heterocycles. The second kappa shape index (κ2) is 8.37. The van der Waals surface area contributed by atoms with E-state index < -0.39 is 6.04 Å². The van der Waals surface area contributed by atoms with Crippen molar-refractivity contribution in [3.05, 3.63) is 18.2 Å². The molecule has 2 saturated heterocycles. The van der Waals surface area contributed by atoms with Crippen molar-refractivity contribution in [2.45, 2.75) is 18.9 Å². The third-order valence-electron chi connectivity index (χ3n) is 5.22. The summed E-state index contributed by atoms with van der Waals surface area (Å²) in [5.41, 5.74) is 0.603. The van der Waals surface area contributed by atoms with Crippen LogP contribution in [0.25, 0.3) is 0 Å². The topological polar surface area (TPSA) is 91.4 Å². The van der Waals surface area contributed by atoms with Crippen LogP contribution in [0.3, 0.4) is 0 Å². The Morgan fingerprint density at radius 2 is 1.96 bits per heavy atom. The predicted molar refractivity (Wildman–Crippen MR) is 103 cm³/mol. The van der Waals surface area contributed by atoms with Gasteiger partial charge in [0.15, 0.2) is 0 Å². The fourth-order valence-electron chi connectivity index (χ4n) is 3.72. The highest BCUT2D eigenvalue weighted by Crippen LogP contribution is 2.34. The Labute approximate surface area is 164 Å². The van der Waals surface area contributed by atoms with Crippen LogP contribution in [0, 0.1) is 0 Å². The first-order valence-electron chi connectivity index (χ1n) is 9.29. The van der Waals surface area contributed by atoms with Crippen molar-refractivity contribution in [1.29, 1.82) is 0 Å². The van der Waals surface area contributed by atoms with Crippen LogP contribution < -0.4 is 19.7 Å². The second-order valence-electron chi connectivity index (χ2n) is 6.75. The zero-order valence-electron chi connectivity index (χ0n) is 16.4. The second-order valence-corrected chi connectivity index (χ2v) is 6.75. The summed E-state index contributed by atoms with van der Waals surface area (Å²) in [4.78, 5) is 42.3. The maximum absolute atomic E-state index is 12.9. The van der Waals surface area contributed by atoms with Crippen molar-refractivity contribution < 1.29 is 23.9 Å². The molecule has 0 bridgehead atoms. The SMILES string of the molecule is CNC(=O)C1CCCN1C(=O)CN1CCN(c2cc(OC)ccc2OC)C1=O. The van der Waals surface area contributed by atoms with E-state index in [0.29, 0.717) is 43.2 Å². The summed E-state index contributed by atoms with van der Waals surface area (Å²) in [7, 11) is 4.66. The van der Waals surface area contributed by atoms with Gasteiger partial charge in [-0.15, -0.1) is 0 Å². The molecule has 2 fully saturated rings. The molecular formula is C19H26N4O5. The van der Waals surface area contributed by atoms with Gasteiger partial charge in [-0.2, -0.15) is 0 Å². The number of hydrogen-bond acceptors (Lipinski definition) is 5. The minimum Gasteiger partial charge on any atom is -0.497 e. The van der Waals surface area contributed by atoms with Gasteiger partial charge >= 0.3 is 6.03 Å². The first-order chi connectivity index (χ1) is 13.5. The number of methoxy groups -OCH3 is 2. The van der Waals surface area contributed by atoms with E-state index in [9.17, 15) is 14.4 Å². The molecule has 9 nitrogen and oxygen atoms in total. The van der Waals surface area contributed by atoms with Gasteiger partial charge in [-0.05, 0) is 25.0 Å². The summed E-state index contributed by atoms with van der Waals surface area (Å²) in [6, 6.07) is 4.52. The number of nitrogens with zero attached hydrogens (tertiary/aromatic N) is 3. The van der Waals surface area contributed by atoms with Gasteiger partial charge in [0.25, 0.3) is 0 Å². The van der Waals surface area contributed by atoms with E-state index in [4.69, 9.17) is 9.47 Å². The van der Waals surface area contributed by atoms with Crippen LogP contribution >= 0.6 is 0 Å². The van der Waals surface area contributed by atoms with Crippen LogP contribution in [0.4, 0.5) is 10.5 Å². The quantitative estimate of drug-likeness (QED) is 0.771. The van der Waals surface area contributed by atoms with Crippen molar-refractivity contribution in [2.24, 2.45) is 0 Å². The highest BCUT2D eigenvalue weighted by molar-refractivity contribution is 5.98. The van der Waals surface area contributed by atoms with Gasteiger partial charge in [-0.1, -0.05) is 0 Å². The first kappa shape index (κ1) is 19.8. The molecule has 0 aliphatic carbocycles. The molecule has 3 rings (SSSR count). The number of likely N-dealkylation sites (N-methyl/N-ethyl adjacent to an activating group) is 1. The van der Waals surface area contributed by atoms with E-state index in [1.54, 1.807) is 49.3 Å². The molecule has 1 unspecified atom stereocenters. The van der Waals surface area contributed by atoms with Crippen LogP contribution in [0.1, 0.15) is 12.8 Å². The zero-order chi connectivity index (χ0) is 20.3. The van der Waals surface area contributed by atoms with Gasteiger partial charge < -0.3 is 24.6 Å². The first-order valence-corrected chi connectivity index (χ1v) is 9.29. The number of amides is 4. The van der Waals surface area contributed by atoms with Crippen molar-refractivity contribution in [3.63, 3.8) is 0 Å². The Kier molecular flexibility index (Phi) is 5.91. The lowest BCUT2D eigenvalue weighted by Gasteiger charge is -2.26. The molecule has 152 valence electrons. The Morgan fingerprint density at radius 1 is 1.18 bits per heavy atom. The van der Waals surface area contributed by atoms with Crippen LogP contribution in [0.5, 0.6) is 11.5 Å². The molecule has 1 atom stereocenters. The molecule has 9 heteroatoms. The molecule has 0 aromatic heterocycles. The van der Waals surface area contributed by atoms with Crippen LogP contribution in [0.15, 0.2) is 18.2 Å². The van der Waals surface area contributed by atoms with E-state index >= 15 is 0 Å². The fourth-order valence-corrected chi connectivity index (χ4v) is 3.72. The monoisotopic (exact) mass is 390 g/mol. The molecule has 28 heavy (non-hydrogen) atoms. The summed E-state index contributed by atoms with van der Waals surface area (Å²) in [6.07, 6.45) is 1.43. The molecule has 0 spiro atoms. The Hall–Kier alpha value is -2.97. The largest absolute Gasteiger partial charge is 0.497 e. The maximum atomic E-state index is 12.9. The molecule has 1 N–H and O–H groups in total. The lowest BCUT2D eigenvalue weighted by molar-refractivity contribution is -0.138. The summed E-state index contributed by atoms with van der Waals surface area (Å²) in [6.45, 7) is 1.35. The lowest BCUT2D eigenvalue weighted by atomic mass is 10.2. The number of nitrogens with one attached hydrogen (secondary N) is 1. The van der Waals surface area contributed by atoms with Gasteiger partial charge in [0.05, 0.1) is 19.9 Å². The summed E-state index contributed by atoms with van der Waals surface area (Å²) in [5.74, 6) is 0.797. The number of rotatable bonds is 6. The predicted octanol–water partition coefficient (Wildman–Crippen LogP) is 0.683. The molecule has 2 aliphatic rings. The number of hydrogen-bond donors (Lipinski definition) is 1. The average Bonchev–Trinajstić information content (AvgIpc) is 3.34. The van der Waals surface area contributed by atoms with E-state index in [1.165, 1.54) is 4.90 Å². The van der Waals surface area contributed by atoms with Crippen LogP contribution in [-0.2, 0) is 9.59 Å². The minimum atomic E-state index is -0.454. The molecule has 1 aromatic carbocycles. The van der Waals surface area contributed by atoms with E-state index in [1.807, 2.05) is 0 Å². The van der Waals surface area contributed by atoms with Crippen LogP contribution in [-0.4, -0.2) is 81.1 Å². The zero-order valence-corrected chi connectivity index (χ0v) is 16.4. The third-order valence-corrected chi connectivity index (χ3v) is 5.22. The van der Waals surface area contributed by atoms with E-state index in [0.717, 1.165) is 6.42 Å². The number of likely N-dealkylation sites (tertiary alicyclic amines) is 1. The fraction of sp³-hybridized carbons (Fsp3) is 0.526. The smallest absolute Gasteiger partial charge is 0.325 e. The Morgan fingerprint density at radius 3 is 2.64 bits per heavy atom. The minimum absolute atomic E-state index is 0.0465. The third kappa shape index (κ3) is 3.69. The Balaban J connectivity index is 1.71. The molecule has 0 radical (unpaired) electrons. The van der Waals surface area contributed by atoms with E-state index in [2.05, 4.69) is 5.32 Å². The number of ether oxygens (including phenoxy) is 2. The van der Waals surface area contributed by atoms with Gasteiger partial charge in [0.2, 0.25) is 11.8 Å². The standard InChI is InChI=1S/C19H26N4O5/c1-20-18(25)14-5-4-8-22(14)17(24)12-21-9-10-23(19(21)26)15-11-13(27-2)6-7-16(15)28-3/h6-7,11,14H,4-5,8-10,12H2,1-3H3,(H,20,25). The molecular weight excluding hydrogens is 364 g/mol. The van der Waals surface area contributed by atoms with Gasteiger partial charge in [-0.25, -0.2) is 4.79 Å². The molecule has 1 aromatic rings. The average molecular weight is 390 g/mol. The van der Waals surface area contributed by atoms with Crippen molar-refractivity contribution >= 4 is 23.5 Å². The van der Waals surface area contributed by atoms with Crippen molar-refractivity contribution in [1.82, 2.24) is 15.1 Å². The highest BCUT2D eigenvalue weighted by atomic mass is 16.5. The van der Waals surface area contributed by atoms with Crippen LogP contribution in [0.2, 0.25) is 0 Å². The molecule has 2 heterocycles. The van der Waals surface area contributed by atoms with Gasteiger partial charge in [0, 0.05) is 32.7 Å². The number of benzene rings is 1. The molecule has 0 saturated carbocycles. The number of anilines is 1. The summed E-state index contributed by atoms with van der Waals surface area (Å²) < 4.78 is 10.6. The highest BCUT2D eigenvalue weighted by Gasteiger charge is 2.37. The lowest BCUT2D eigenvalue weighted by Crippen LogP contribution is -2.48. The van der Waals surface area contributed by atoms with Gasteiger partial charge in [-0.3, -0.25) is 14.5 Å². The van der Waals surface area contributed by atoms with Crippen molar-refractivity contribution in [2.75, 3.05) is 52.3 Å².